The summed E-state index contributed by atoms with van der Waals surface area (Å²) in [6.45, 7) is 0. The van der Waals surface area contributed by atoms with E-state index >= 15 is 0 Å². The maximum atomic E-state index is 11.2. The zero-order valence-electron chi connectivity index (χ0n) is 7.53. The van der Waals surface area contributed by atoms with Gasteiger partial charge in [0.25, 0.3) is 9.05 Å². The van der Waals surface area contributed by atoms with Crippen LogP contribution in [0.25, 0.3) is 0 Å². The Morgan fingerprint density at radius 3 is 2.40 bits per heavy atom. The van der Waals surface area contributed by atoms with Crippen LogP contribution in [0, 0.1) is 0 Å². The summed E-state index contributed by atoms with van der Waals surface area (Å²) in [5.41, 5.74) is -0.101. The van der Waals surface area contributed by atoms with Crippen LogP contribution in [0.2, 0.25) is 5.02 Å². The van der Waals surface area contributed by atoms with Gasteiger partial charge in [0.15, 0.2) is 6.29 Å². The smallest absolute Gasteiger partial charge is 0.263 e. The number of halogens is 2. The summed E-state index contributed by atoms with van der Waals surface area (Å²) < 4.78 is 27.1. The molecule has 4 nitrogen and oxygen atoms in total. The van der Waals surface area contributed by atoms with Gasteiger partial charge in [0.05, 0.1) is 7.11 Å². The van der Waals surface area contributed by atoms with Crippen molar-refractivity contribution >= 4 is 37.6 Å². The highest BCUT2D eigenvalue weighted by molar-refractivity contribution is 8.13. The van der Waals surface area contributed by atoms with Gasteiger partial charge in [-0.15, -0.1) is 0 Å². The lowest BCUT2D eigenvalue weighted by atomic mass is 10.2. The van der Waals surface area contributed by atoms with Crippen molar-refractivity contribution in [2.24, 2.45) is 0 Å². The molecule has 1 aromatic carbocycles. The molecule has 15 heavy (non-hydrogen) atoms. The van der Waals surface area contributed by atoms with E-state index in [0.29, 0.717) is 6.29 Å². The predicted molar refractivity (Wildman–Crippen MR) is 56.4 cm³/mol. The normalized spacial score (nSPS) is 11.1. The maximum absolute atomic E-state index is 11.2. The number of carbonyl (C=O) groups excluding carboxylic acids is 1. The molecule has 0 heterocycles. The molecule has 0 saturated carbocycles. The van der Waals surface area contributed by atoms with Gasteiger partial charge in [-0.1, -0.05) is 11.6 Å². The lowest BCUT2D eigenvalue weighted by Crippen LogP contribution is -2.00. The lowest BCUT2D eigenvalue weighted by molar-refractivity contribution is 0.112. The van der Waals surface area contributed by atoms with Gasteiger partial charge in [0.2, 0.25) is 0 Å². The second-order valence-corrected chi connectivity index (χ2v) is 5.44. The summed E-state index contributed by atoms with van der Waals surface area (Å²) >= 11 is 5.73. The van der Waals surface area contributed by atoms with Crippen molar-refractivity contribution in [3.05, 3.63) is 22.7 Å². The number of rotatable bonds is 3. The fraction of sp³-hybridized carbons (Fsp3) is 0.125. The first kappa shape index (κ1) is 12.3. The van der Waals surface area contributed by atoms with Crippen LogP contribution < -0.4 is 4.74 Å². The van der Waals surface area contributed by atoms with E-state index in [1.54, 1.807) is 0 Å². The highest BCUT2D eigenvalue weighted by Crippen LogP contribution is 2.35. The Labute approximate surface area is 96.2 Å². The Hall–Kier alpha value is -0.780. The van der Waals surface area contributed by atoms with E-state index in [9.17, 15) is 13.2 Å². The first-order valence-corrected chi connectivity index (χ1v) is 6.37. The van der Waals surface area contributed by atoms with Crippen LogP contribution in [0.4, 0.5) is 0 Å². The molecule has 0 aliphatic carbocycles. The van der Waals surface area contributed by atoms with Crippen molar-refractivity contribution in [2.75, 3.05) is 7.11 Å². The first-order valence-electron chi connectivity index (χ1n) is 3.68. The number of methoxy groups -OCH3 is 1. The van der Waals surface area contributed by atoms with Crippen molar-refractivity contribution in [3.8, 4) is 5.75 Å². The summed E-state index contributed by atoms with van der Waals surface area (Å²) in [4.78, 5) is 10.2. The van der Waals surface area contributed by atoms with E-state index in [4.69, 9.17) is 27.0 Å². The Balaban J connectivity index is 3.65. The third-order valence-corrected chi connectivity index (χ3v) is 3.56. The van der Waals surface area contributed by atoms with Crippen LogP contribution >= 0.6 is 22.3 Å². The molecular weight excluding hydrogens is 263 g/mol. The van der Waals surface area contributed by atoms with Crippen molar-refractivity contribution in [1.82, 2.24) is 0 Å². The van der Waals surface area contributed by atoms with Gasteiger partial charge in [-0.2, -0.15) is 0 Å². The second-order valence-electron chi connectivity index (χ2n) is 2.56. The van der Waals surface area contributed by atoms with E-state index in [1.165, 1.54) is 19.2 Å². The SMILES string of the molecule is COc1ccc(C=O)c(S(=O)(=O)Cl)c1Cl. The molecule has 0 amide bonds. The number of ether oxygens (including phenoxy) is 1. The van der Waals surface area contributed by atoms with E-state index in [1.807, 2.05) is 0 Å². The average Bonchev–Trinajstić information content (AvgIpc) is 2.15. The van der Waals surface area contributed by atoms with Crippen LogP contribution in [0.3, 0.4) is 0 Å². The minimum atomic E-state index is -4.08. The molecule has 0 fully saturated rings. The Kier molecular flexibility index (Phi) is 3.59. The van der Waals surface area contributed by atoms with Gasteiger partial charge in [0, 0.05) is 16.2 Å². The average molecular weight is 269 g/mol. The third-order valence-electron chi connectivity index (χ3n) is 1.68. The van der Waals surface area contributed by atoms with Crippen LogP contribution in [-0.4, -0.2) is 21.8 Å². The number of carbonyl (C=O) groups is 1. The van der Waals surface area contributed by atoms with Gasteiger partial charge in [-0.05, 0) is 12.1 Å². The van der Waals surface area contributed by atoms with Crippen LogP contribution in [0.5, 0.6) is 5.75 Å². The van der Waals surface area contributed by atoms with E-state index in [2.05, 4.69) is 0 Å². The summed E-state index contributed by atoms with van der Waals surface area (Å²) in [6, 6.07) is 2.66. The molecule has 0 aliphatic heterocycles. The molecule has 0 saturated heterocycles. The van der Waals surface area contributed by atoms with E-state index in [0.717, 1.165) is 0 Å². The van der Waals surface area contributed by atoms with Gasteiger partial charge in [-0.3, -0.25) is 4.79 Å². The van der Waals surface area contributed by atoms with Gasteiger partial charge in [0.1, 0.15) is 15.7 Å². The number of benzene rings is 1. The topological polar surface area (TPSA) is 60.4 Å². The molecule has 0 atom stereocenters. The molecule has 0 spiro atoms. The summed E-state index contributed by atoms with van der Waals surface area (Å²) in [5, 5.41) is -0.197. The largest absolute Gasteiger partial charge is 0.495 e. The minimum Gasteiger partial charge on any atom is -0.495 e. The van der Waals surface area contributed by atoms with Crippen molar-refractivity contribution < 1.29 is 17.9 Å². The molecule has 1 aromatic rings. The maximum Gasteiger partial charge on any atom is 0.263 e. The molecule has 7 heteroatoms. The summed E-state index contributed by atoms with van der Waals surface area (Å²) in [7, 11) is 2.40. The highest BCUT2D eigenvalue weighted by atomic mass is 35.7. The fourth-order valence-corrected chi connectivity index (χ4v) is 2.93. The zero-order valence-corrected chi connectivity index (χ0v) is 9.86. The summed E-state index contributed by atoms with van der Waals surface area (Å²) in [5.74, 6) is 0.140. The van der Waals surface area contributed by atoms with Crippen molar-refractivity contribution in [2.45, 2.75) is 4.90 Å². The zero-order chi connectivity index (χ0) is 11.6. The fourth-order valence-electron chi connectivity index (χ4n) is 1.05. The molecule has 82 valence electrons. The molecule has 0 aliphatic rings. The van der Waals surface area contributed by atoms with E-state index in [-0.39, 0.29) is 16.3 Å². The van der Waals surface area contributed by atoms with Gasteiger partial charge >= 0.3 is 0 Å². The molecule has 0 aromatic heterocycles. The van der Waals surface area contributed by atoms with Crippen LogP contribution in [0.15, 0.2) is 17.0 Å². The molecule has 0 bridgehead atoms. The minimum absolute atomic E-state index is 0.101. The molecule has 1 rings (SSSR count). The van der Waals surface area contributed by atoms with Gasteiger partial charge < -0.3 is 4.74 Å². The molecule has 0 N–H and O–H groups in total. The standard InChI is InChI=1S/C8H6Cl2O4S/c1-14-6-3-2-5(4-11)8(7(6)9)15(10,12)13/h2-4H,1H3. The summed E-state index contributed by atoms with van der Waals surface area (Å²) in [6.07, 6.45) is 0.362. The van der Waals surface area contributed by atoms with Gasteiger partial charge in [-0.25, -0.2) is 8.42 Å². The Morgan fingerprint density at radius 2 is 2.00 bits per heavy atom. The first-order chi connectivity index (χ1) is 6.91. The Morgan fingerprint density at radius 1 is 1.40 bits per heavy atom. The van der Waals surface area contributed by atoms with Crippen LogP contribution in [0.1, 0.15) is 10.4 Å². The van der Waals surface area contributed by atoms with Crippen molar-refractivity contribution in [1.29, 1.82) is 0 Å². The number of aldehydes is 1. The molecule has 0 unspecified atom stereocenters. The van der Waals surface area contributed by atoms with E-state index < -0.39 is 13.9 Å². The number of hydrogen-bond acceptors (Lipinski definition) is 4. The molecule has 0 radical (unpaired) electrons. The predicted octanol–water partition coefficient (Wildman–Crippen LogP) is 2.09. The monoisotopic (exact) mass is 268 g/mol. The Bertz CT molecular complexity index is 496. The van der Waals surface area contributed by atoms with Crippen molar-refractivity contribution in [3.63, 3.8) is 0 Å². The second kappa shape index (κ2) is 4.38. The third kappa shape index (κ3) is 2.42. The highest BCUT2D eigenvalue weighted by Gasteiger charge is 2.22. The quantitative estimate of drug-likeness (QED) is 0.622. The van der Waals surface area contributed by atoms with Crippen LogP contribution in [-0.2, 0) is 9.05 Å². The lowest BCUT2D eigenvalue weighted by Gasteiger charge is -2.07. The number of hydrogen-bond donors (Lipinski definition) is 0. The molecular formula is C8H6Cl2O4S.